The van der Waals surface area contributed by atoms with E-state index in [4.69, 9.17) is 14.6 Å². The maximum absolute atomic E-state index is 10.9. The SMILES string of the molecule is O=C(O)/C=C/c1ccc(-c2ccc(OCCN3CCOCC3)c(C34CC5CC(CC(C5)C3)C4)c2)cc1. The number of hydrogen-bond donors (Lipinski definition) is 1. The van der Waals surface area contributed by atoms with Crippen molar-refractivity contribution in [3.63, 3.8) is 0 Å². The van der Waals surface area contributed by atoms with E-state index in [0.29, 0.717) is 6.61 Å². The van der Waals surface area contributed by atoms with Gasteiger partial charge in [-0.15, -0.1) is 0 Å². The second-order valence-corrected chi connectivity index (χ2v) is 11.5. The Balaban J connectivity index is 1.28. The van der Waals surface area contributed by atoms with E-state index in [9.17, 15) is 4.79 Å². The monoisotopic (exact) mass is 487 g/mol. The maximum atomic E-state index is 10.9. The molecule has 0 unspecified atom stereocenters. The predicted octanol–water partition coefficient (Wildman–Crippen LogP) is 5.63. The second-order valence-electron chi connectivity index (χ2n) is 11.5. The number of carbonyl (C=O) groups is 1. The van der Waals surface area contributed by atoms with E-state index >= 15 is 0 Å². The minimum absolute atomic E-state index is 0.253. The number of rotatable bonds is 8. The van der Waals surface area contributed by atoms with E-state index in [1.807, 2.05) is 12.1 Å². The highest BCUT2D eigenvalue weighted by atomic mass is 16.5. The van der Waals surface area contributed by atoms with Gasteiger partial charge in [0, 0.05) is 31.3 Å². The smallest absolute Gasteiger partial charge is 0.328 e. The first kappa shape index (κ1) is 23.7. The molecule has 5 nitrogen and oxygen atoms in total. The predicted molar refractivity (Wildman–Crippen MR) is 141 cm³/mol. The fourth-order valence-electron chi connectivity index (χ4n) is 7.75. The third-order valence-electron chi connectivity index (χ3n) is 9.02. The molecule has 0 amide bonds. The minimum atomic E-state index is -0.927. The number of ether oxygens (including phenoxy) is 2. The summed E-state index contributed by atoms with van der Waals surface area (Å²) >= 11 is 0. The van der Waals surface area contributed by atoms with Gasteiger partial charge in [-0.1, -0.05) is 30.3 Å². The van der Waals surface area contributed by atoms with E-state index in [2.05, 4.69) is 35.2 Å². The van der Waals surface area contributed by atoms with Crippen LogP contribution in [-0.2, 0) is 14.9 Å². The van der Waals surface area contributed by atoms with Crippen molar-refractivity contribution in [2.24, 2.45) is 17.8 Å². The zero-order valence-electron chi connectivity index (χ0n) is 21.0. The van der Waals surface area contributed by atoms with Crippen molar-refractivity contribution in [3.05, 3.63) is 59.7 Å². The Morgan fingerprint density at radius 2 is 1.61 bits per heavy atom. The van der Waals surface area contributed by atoms with E-state index in [-0.39, 0.29) is 5.41 Å². The summed E-state index contributed by atoms with van der Waals surface area (Å²) in [6.07, 6.45) is 11.0. The van der Waals surface area contributed by atoms with Crippen LogP contribution in [0.5, 0.6) is 5.75 Å². The summed E-state index contributed by atoms with van der Waals surface area (Å²) in [5.74, 6) is 2.78. The molecule has 0 radical (unpaired) electrons. The van der Waals surface area contributed by atoms with Gasteiger partial charge in [0.25, 0.3) is 0 Å². The molecule has 4 saturated carbocycles. The van der Waals surface area contributed by atoms with Crippen LogP contribution in [-0.4, -0.2) is 55.4 Å². The average Bonchev–Trinajstić information content (AvgIpc) is 2.88. The Morgan fingerprint density at radius 3 is 2.25 bits per heavy atom. The summed E-state index contributed by atoms with van der Waals surface area (Å²) in [5.41, 5.74) is 4.95. The van der Waals surface area contributed by atoms with Gasteiger partial charge in [-0.2, -0.15) is 0 Å². The summed E-state index contributed by atoms with van der Waals surface area (Å²) in [6.45, 7) is 5.26. The largest absolute Gasteiger partial charge is 0.492 e. The highest BCUT2D eigenvalue weighted by molar-refractivity contribution is 5.85. The zero-order valence-corrected chi connectivity index (χ0v) is 21.0. The molecule has 4 aliphatic carbocycles. The Kier molecular flexibility index (Phi) is 6.61. The van der Waals surface area contributed by atoms with Crippen molar-refractivity contribution in [1.82, 2.24) is 4.90 Å². The van der Waals surface area contributed by atoms with Gasteiger partial charge in [0.2, 0.25) is 0 Å². The second kappa shape index (κ2) is 10.0. The van der Waals surface area contributed by atoms with Gasteiger partial charge in [-0.25, -0.2) is 4.79 Å². The Hall–Kier alpha value is -2.63. The van der Waals surface area contributed by atoms with Crippen molar-refractivity contribution in [2.45, 2.75) is 43.9 Å². The highest BCUT2D eigenvalue weighted by Gasteiger charge is 2.52. The topological polar surface area (TPSA) is 59.0 Å². The summed E-state index contributed by atoms with van der Waals surface area (Å²) in [6, 6.07) is 15.0. The molecule has 5 aliphatic rings. The molecule has 4 bridgehead atoms. The standard InChI is InChI=1S/C31H37NO4/c33-30(34)8-3-22-1-4-26(5-2-22)27-6-7-29(36-14-11-32-9-12-35-13-10-32)28(18-27)31-19-23-15-24(20-31)17-25(16-23)21-31/h1-8,18,23-25H,9-17,19-21H2,(H,33,34)/b8-3+. The first-order valence-corrected chi connectivity index (χ1v) is 13.7. The molecule has 1 aliphatic heterocycles. The molecule has 1 heterocycles. The van der Waals surface area contributed by atoms with Gasteiger partial charge in [-0.3, -0.25) is 4.90 Å². The van der Waals surface area contributed by atoms with Crippen LogP contribution < -0.4 is 4.74 Å². The number of morpholine rings is 1. The molecule has 0 atom stereocenters. The number of aliphatic carboxylic acids is 1. The van der Waals surface area contributed by atoms with Crippen molar-refractivity contribution in [2.75, 3.05) is 39.5 Å². The Morgan fingerprint density at radius 1 is 0.972 bits per heavy atom. The molecule has 2 aromatic carbocycles. The molecule has 190 valence electrons. The number of nitrogens with zero attached hydrogens (tertiary/aromatic N) is 1. The molecule has 0 spiro atoms. The number of carboxylic acids is 1. The van der Waals surface area contributed by atoms with Crippen molar-refractivity contribution in [1.29, 1.82) is 0 Å². The van der Waals surface area contributed by atoms with Crippen LogP contribution in [0, 0.1) is 17.8 Å². The van der Waals surface area contributed by atoms with Crippen molar-refractivity contribution >= 4 is 12.0 Å². The zero-order chi connectivity index (χ0) is 24.5. The fraction of sp³-hybridized carbons (Fsp3) is 0.516. The number of hydrogen-bond acceptors (Lipinski definition) is 4. The number of benzene rings is 2. The lowest BCUT2D eigenvalue weighted by atomic mass is 9.48. The van der Waals surface area contributed by atoms with Crippen molar-refractivity contribution in [3.8, 4) is 16.9 Å². The molecule has 36 heavy (non-hydrogen) atoms. The van der Waals surface area contributed by atoms with Crippen LogP contribution in [0.2, 0.25) is 0 Å². The van der Waals surface area contributed by atoms with Gasteiger partial charge in [0.05, 0.1) is 13.2 Å². The van der Waals surface area contributed by atoms with Gasteiger partial charge < -0.3 is 14.6 Å². The molecule has 7 rings (SSSR count). The average molecular weight is 488 g/mol. The molecular weight excluding hydrogens is 450 g/mol. The Bertz CT molecular complexity index is 1080. The summed E-state index contributed by atoms with van der Waals surface area (Å²) in [5, 5.41) is 8.91. The molecule has 5 heteroatoms. The van der Waals surface area contributed by atoms with Crippen LogP contribution in [0.1, 0.15) is 49.7 Å². The van der Waals surface area contributed by atoms with E-state index < -0.39 is 5.97 Å². The summed E-state index contributed by atoms with van der Waals surface area (Å²) in [4.78, 5) is 13.3. The minimum Gasteiger partial charge on any atom is -0.492 e. The highest BCUT2D eigenvalue weighted by Crippen LogP contribution is 2.62. The van der Waals surface area contributed by atoms with E-state index in [1.165, 1.54) is 55.7 Å². The molecule has 0 aromatic heterocycles. The molecule has 5 fully saturated rings. The maximum Gasteiger partial charge on any atom is 0.328 e. The fourth-order valence-corrected chi connectivity index (χ4v) is 7.75. The van der Waals surface area contributed by atoms with E-state index in [0.717, 1.165) is 67.5 Å². The first-order valence-electron chi connectivity index (χ1n) is 13.7. The molecule has 1 saturated heterocycles. The van der Waals surface area contributed by atoms with E-state index in [1.54, 1.807) is 6.08 Å². The summed E-state index contributed by atoms with van der Waals surface area (Å²) in [7, 11) is 0. The van der Waals surface area contributed by atoms with Crippen LogP contribution >= 0.6 is 0 Å². The quantitative estimate of drug-likeness (QED) is 0.489. The third-order valence-corrected chi connectivity index (χ3v) is 9.02. The number of carboxylic acid groups (broad SMARTS) is 1. The van der Waals surface area contributed by atoms with Gasteiger partial charge >= 0.3 is 5.97 Å². The van der Waals surface area contributed by atoms with Crippen molar-refractivity contribution < 1.29 is 19.4 Å². The van der Waals surface area contributed by atoms with Gasteiger partial charge in [0.15, 0.2) is 0 Å². The lowest BCUT2D eigenvalue weighted by molar-refractivity contribution is -0.131. The third kappa shape index (κ3) is 4.96. The normalized spacial score (nSPS) is 29.6. The van der Waals surface area contributed by atoms with Crippen LogP contribution in [0.15, 0.2) is 48.5 Å². The first-order chi connectivity index (χ1) is 17.6. The van der Waals surface area contributed by atoms with Gasteiger partial charge in [-0.05, 0) is 96.6 Å². The van der Waals surface area contributed by atoms with Gasteiger partial charge in [0.1, 0.15) is 12.4 Å². The summed E-state index contributed by atoms with van der Waals surface area (Å²) < 4.78 is 12.0. The van der Waals surface area contributed by atoms with Crippen LogP contribution in [0.3, 0.4) is 0 Å². The lowest BCUT2D eigenvalue weighted by Crippen LogP contribution is -2.48. The lowest BCUT2D eigenvalue weighted by Gasteiger charge is -2.57. The van der Waals surface area contributed by atoms with Crippen LogP contribution in [0.4, 0.5) is 0 Å². The molecule has 1 N–H and O–H groups in total. The van der Waals surface area contributed by atoms with Crippen LogP contribution in [0.25, 0.3) is 17.2 Å². The molecule has 2 aromatic rings. The molecular formula is C31H37NO4. The Labute approximate surface area is 214 Å².